The van der Waals surface area contributed by atoms with Gasteiger partial charge >= 0.3 is 11.9 Å². The van der Waals surface area contributed by atoms with Crippen LogP contribution in [0.5, 0.6) is 0 Å². The first-order valence-electron chi connectivity index (χ1n) is 10.5. The van der Waals surface area contributed by atoms with Crippen molar-refractivity contribution in [3.05, 3.63) is 65.7 Å². The average Bonchev–Trinajstić information content (AvgIpc) is 2.95. The fraction of sp³-hybridized carbons (Fsp3) is 0.333. The summed E-state index contributed by atoms with van der Waals surface area (Å²) in [5.74, 6) is -2.51. The van der Waals surface area contributed by atoms with Crippen LogP contribution in [-0.2, 0) is 26.8 Å². The Balaban J connectivity index is 0.000000331. The lowest BCUT2D eigenvalue weighted by Crippen LogP contribution is -2.46. The van der Waals surface area contributed by atoms with E-state index in [0.29, 0.717) is 18.2 Å². The van der Waals surface area contributed by atoms with Crippen molar-refractivity contribution < 1.29 is 24.0 Å². The molecule has 0 bridgehead atoms. The minimum atomic E-state index is -1.26. The molecule has 2 aromatic rings. The molecular weight excluding hydrogens is 460 g/mol. The summed E-state index contributed by atoms with van der Waals surface area (Å²) >= 11 is 1.86. The summed E-state index contributed by atoms with van der Waals surface area (Å²) in [6.45, 7) is 4.40. The van der Waals surface area contributed by atoms with Gasteiger partial charge in [0.1, 0.15) is 0 Å². The van der Waals surface area contributed by atoms with Crippen molar-refractivity contribution in [1.82, 2.24) is 9.80 Å². The largest absolute Gasteiger partial charge is 0.478 e. The number of hydrogen-bond acceptors (Lipinski definition) is 6. The number of rotatable bonds is 4. The Labute approximate surface area is 200 Å². The third-order valence-corrected chi connectivity index (χ3v) is 7.75. The van der Waals surface area contributed by atoms with Gasteiger partial charge in [0.2, 0.25) is 0 Å². The Morgan fingerprint density at radius 3 is 2.24 bits per heavy atom. The molecule has 4 rings (SSSR count). The number of carboxylic acid groups (broad SMARTS) is 2. The predicted octanol–water partition coefficient (Wildman–Crippen LogP) is 3.13. The molecule has 33 heavy (non-hydrogen) atoms. The first-order valence-corrected chi connectivity index (χ1v) is 12.9. The zero-order valence-electron chi connectivity index (χ0n) is 18.6. The number of nitrogens with zero attached hydrogens (tertiary/aromatic N) is 2. The Kier molecular flexibility index (Phi) is 8.85. The molecule has 2 N–H and O–H groups in total. The number of likely N-dealkylation sites (N-methyl/N-ethyl adjacent to an activating group) is 1. The maximum Gasteiger partial charge on any atom is 0.328 e. The summed E-state index contributed by atoms with van der Waals surface area (Å²) in [6, 6.07) is 15.5. The van der Waals surface area contributed by atoms with Crippen molar-refractivity contribution in [2.75, 3.05) is 39.5 Å². The fourth-order valence-electron chi connectivity index (χ4n) is 3.87. The molecular formula is C24H28N2O5S2. The second-order valence-electron chi connectivity index (χ2n) is 7.93. The van der Waals surface area contributed by atoms with Gasteiger partial charge in [-0.2, -0.15) is 0 Å². The van der Waals surface area contributed by atoms with Crippen LogP contribution < -0.4 is 0 Å². The summed E-state index contributed by atoms with van der Waals surface area (Å²) in [5, 5.41) is 15.6. The molecule has 0 radical (unpaired) electrons. The van der Waals surface area contributed by atoms with E-state index < -0.39 is 22.7 Å². The highest BCUT2D eigenvalue weighted by Crippen LogP contribution is 2.43. The van der Waals surface area contributed by atoms with Crippen molar-refractivity contribution in [2.45, 2.75) is 27.1 Å². The Morgan fingerprint density at radius 1 is 1.00 bits per heavy atom. The van der Waals surface area contributed by atoms with E-state index in [0.717, 1.165) is 37.5 Å². The zero-order valence-corrected chi connectivity index (χ0v) is 20.3. The van der Waals surface area contributed by atoms with Gasteiger partial charge in [-0.25, -0.2) is 9.59 Å². The normalized spacial score (nSPS) is 19.5. The van der Waals surface area contributed by atoms with Gasteiger partial charge in [0.15, 0.2) is 0 Å². The summed E-state index contributed by atoms with van der Waals surface area (Å²) in [5.41, 5.74) is 2.77. The van der Waals surface area contributed by atoms with E-state index in [4.69, 9.17) is 10.2 Å². The van der Waals surface area contributed by atoms with Crippen molar-refractivity contribution in [2.24, 2.45) is 0 Å². The van der Waals surface area contributed by atoms with E-state index >= 15 is 0 Å². The topological polar surface area (TPSA) is 98.2 Å². The lowest BCUT2D eigenvalue weighted by atomic mass is 9.96. The van der Waals surface area contributed by atoms with Gasteiger partial charge in [-0.1, -0.05) is 30.0 Å². The summed E-state index contributed by atoms with van der Waals surface area (Å²) in [7, 11) is 1.25. The molecule has 0 spiro atoms. The number of benzene rings is 2. The van der Waals surface area contributed by atoms with Crippen LogP contribution in [0.2, 0.25) is 0 Å². The molecule has 1 fully saturated rings. The second kappa shape index (κ2) is 11.6. The Bertz CT molecular complexity index is 1050. The maximum atomic E-state index is 12.0. The summed E-state index contributed by atoms with van der Waals surface area (Å²) in [4.78, 5) is 27.7. The van der Waals surface area contributed by atoms with Crippen LogP contribution in [0.4, 0.5) is 0 Å². The molecule has 0 saturated carbocycles. The van der Waals surface area contributed by atoms with Crippen molar-refractivity contribution >= 4 is 34.5 Å². The molecule has 2 aromatic carbocycles. The minimum absolute atomic E-state index is 0.364. The molecule has 7 nitrogen and oxygen atoms in total. The maximum absolute atomic E-state index is 12.0. The predicted molar refractivity (Wildman–Crippen MR) is 129 cm³/mol. The number of carbonyl (C=O) groups is 2. The zero-order chi connectivity index (χ0) is 24.0. The van der Waals surface area contributed by atoms with Crippen LogP contribution in [-0.4, -0.2) is 75.6 Å². The first-order chi connectivity index (χ1) is 15.7. The van der Waals surface area contributed by atoms with Crippen molar-refractivity contribution in [1.29, 1.82) is 0 Å². The standard InChI is InChI=1S/C20H24N2OS2.C4H4O4/c1-21-9-11-22(12-10-21)18-13-15-5-3-4-6-19(15)24-20-8-7-16(25(2)23)14-17(18)20;5-3(6)1-2-4(7)8/h3-8,14,18H,9-13H2,1-2H3;1-2H,(H,5,6)(H,7,8)/b;2-1+. The smallest absolute Gasteiger partial charge is 0.328 e. The van der Waals surface area contributed by atoms with Crippen LogP contribution in [0.1, 0.15) is 17.2 Å². The number of aliphatic carboxylic acids is 2. The summed E-state index contributed by atoms with van der Waals surface area (Å²) < 4.78 is 12.0. The molecule has 176 valence electrons. The van der Waals surface area contributed by atoms with Gasteiger partial charge in [-0.3, -0.25) is 9.11 Å². The van der Waals surface area contributed by atoms with Gasteiger partial charge in [-0.05, 0) is 48.9 Å². The molecule has 2 unspecified atom stereocenters. The number of piperazine rings is 1. The van der Waals surface area contributed by atoms with E-state index in [1.165, 1.54) is 20.9 Å². The second-order valence-corrected chi connectivity index (χ2v) is 10.4. The molecule has 2 atom stereocenters. The van der Waals surface area contributed by atoms with E-state index in [1.54, 1.807) is 6.26 Å². The number of carboxylic acids is 2. The highest BCUT2D eigenvalue weighted by atomic mass is 32.2. The number of hydrogen-bond donors (Lipinski definition) is 2. The molecule has 0 aliphatic carbocycles. The van der Waals surface area contributed by atoms with E-state index in [9.17, 15) is 13.8 Å². The highest BCUT2D eigenvalue weighted by Gasteiger charge is 2.29. The van der Waals surface area contributed by atoms with Gasteiger partial charge in [0.05, 0.1) is 0 Å². The Hall–Kier alpha value is -2.46. The van der Waals surface area contributed by atoms with Crippen LogP contribution >= 0.6 is 11.8 Å². The van der Waals surface area contributed by atoms with E-state index in [1.807, 2.05) is 17.8 Å². The SMILES string of the molecule is CN1CCN(C2Cc3ccccc3Sc3ccc(S(C)=O)cc32)CC1.O=C(O)/C=C/C(=O)O. The van der Waals surface area contributed by atoms with E-state index in [2.05, 4.69) is 53.2 Å². The van der Waals surface area contributed by atoms with Crippen LogP contribution in [0.15, 0.2) is 69.3 Å². The third kappa shape index (κ3) is 7.01. The van der Waals surface area contributed by atoms with E-state index in [-0.39, 0.29) is 0 Å². The highest BCUT2D eigenvalue weighted by molar-refractivity contribution is 7.99. The number of fused-ring (bicyclic) bond motifs is 2. The molecule has 2 aliphatic heterocycles. The quantitative estimate of drug-likeness (QED) is 0.634. The van der Waals surface area contributed by atoms with Gasteiger partial charge in [0, 0.05) is 76.1 Å². The third-order valence-electron chi connectivity index (χ3n) is 5.63. The van der Waals surface area contributed by atoms with Crippen LogP contribution in [0, 0.1) is 0 Å². The summed E-state index contributed by atoms with van der Waals surface area (Å²) in [6.07, 6.45) is 3.91. The van der Waals surface area contributed by atoms with Crippen LogP contribution in [0.25, 0.3) is 0 Å². The van der Waals surface area contributed by atoms with Gasteiger partial charge in [-0.15, -0.1) is 0 Å². The first kappa shape index (κ1) is 25.2. The average molecular weight is 489 g/mol. The van der Waals surface area contributed by atoms with Gasteiger partial charge < -0.3 is 15.1 Å². The lowest BCUT2D eigenvalue weighted by Gasteiger charge is -2.38. The molecule has 0 aromatic heterocycles. The molecule has 9 heteroatoms. The molecule has 1 saturated heterocycles. The van der Waals surface area contributed by atoms with Crippen molar-refractivity contribution in [3.63, 3.8) is 0 Å². The lowest BCUT2D eigenvalue weighted by molar-refractivity contribution is -0.134. The fourth-order valence-corrected chi connectivity index (χ4v) is 5.54. The minimum Gasteiger partial charge on any atom is -0.478 e. The monoisotopic (exact) mass is 488 g/mol. The molecule has 2 heterocycles. The molecule has 0 amide bonds. The van der Waals surface area contributed by atoms with Gasteiger partial charge in [0.25, 0.3) is 0 Å². The molecule has 2 aliphatic rings. The van der Waals surface area contributed by atoms with Crippen LogP contribution in [0.3, 0.4) is 0 Å². The Morgan fingerprint density at radius 2 is 1.64 bits per heavy atom. The van der Waals surface area contributed by atoms with Crippen molar-refractivity contribution in [3.8, 4) is 0 Å².